The number of rotatable bonds is 6. The zero-order chi connectivity index (χ0) is 18.0. The van der Waals surface area contributed by atoms with E-state index in [1.54, 1.807) is 19.4 Å². The highest BCUT2D eigenvalue weighted by Crippen LogP contribution is 2.28. The molecule has 0 saturated carbocycles. The molecule has 0 unspecified atom stereocenters. The zero-order valence-corrected chi connectivity index (χ0v) is 14.6. The lowest BCUT2D eigenvalue weighted by molar-refractivity contribution is -0.120. The minimum absolute atomic E-state index is 0.000501. The van der Waals surface area contributed by atoms with E-state index >= 15 is 0 Å². The molecule has 0 aliphatic rings. The molecule has 0 spiro atoms. The van der Waals surface area contributed by atoms with Crippen LogP contribution in [0.1, 0.15) is 23.1 Å². The first kappa shape index (κ1) is 17.2. The van der Waals surface area contributed by atoms with Crippen LogP contribution in [0.3, 0.4) is 0 Å². The smallest absolute Gasteiger partial charge is 0.340 e. The average molecular weight is 343 g/mol. The van der Waals surface area contributed by atoms with Gasteiger partial charge in [-0.25, -0.2) is 4.79 Å². The number of furan rings is 1. The van der Waals surface area contributed by atoms with Crippen molar-refractivity contribution in [3.8, 4) is 0 Å². The Morgan fingerprint density at radius 1 is 1.20 bits per heavy atom. The molecule has 6 nitrogen and oxygen atoms in total. The number of methoxy groups -OCH3 is 1. The van der Waals surface area contributed by atoms with Gasteiger partial charge in [0.25, 0.3) is 0 Å². The van der Waals surface area contributed by atoms with Gasteiger partial charge in [0.05, 0.1) is 18.2 Å². The molecule has 25 heavy (non-hydrogen) atoms. The fraction of sp³-hybridized carbons (Fsp3) is 0.368. The summed E-state index contributed by atoms with van der Waals surface area (Å²) in [6, 6.07) is 3.67. The highest BCUT2D eigenvalue weighted by Gasteiger charge is 2.16. The Hall–Kier alpha value is -2.60. The van der Waals surface area contributed by atoms with Gasteiger partial charge in [-0.3, -0.25) is 4.79 Å². The third-order valence-corrected chi connectivity index (χ3v) is 4.36. The number of benzene rings is 1. The average Bonchev–Trinajstić information content (AvgIpc) is 2.94. The van der Waals surface area contributed by atoms with E-state index in [2.05, 4.69) is 5.32 Å². The van der Waals surface area contributed by atoms with Crippen molar-refractivity contribution in [2.24, 2.45) is 0 Å². The summed E-state index contributed by atoms with van der Waals surface area (Å²) >= 11 is 0. The number of hydrogen-bond acceptors (Lipinski definition) is 5. The van der Waals surface area contributed by atoms with Crippen LogP contribution in [0.4, 0.5) is 0 Å². The Kier molecular flexibility index (Phi) is 4.90. The summed E-state index contributed by atoms with van der Waals surface area (Å²) in [4.78, 5) is 24.4. The number of nitrogens with one attached hydrogen (secondary N) is 1. The van der Waals surface area contributed by atoms with Crippen LogP contribution in [0, 0.1) is 13.8 Å². The minimum Gasteiger partial charge on any atom is -0.464 e. The standard InChI is InChI=1S/C19H21NO5/c1-11-10-24-16-9-17-14(7-13(11)16)12(2)15(19(22)25-17)8-18(21)20-5-4-6-23-3/h7,9-10H,4-6,8H2,1-3H3,(H,20,21). The minimum atomic E-state index is -0.486. The second-order valence-electron chi connectivity index (χ2n) is 6.13. The van der Waals surface area contributed by atoms with Crippen molar-refractivity contribution < 1.29 is 18.4 Å². The summed E-state index contributed by atoms with van der Waals surface area (Å²) < 4.78 is 15.8. The molecule has 132 valence electrons. The van der Waals surface area contributed by atoms with E-state index in [4.69, 9.17) is 13.6 Å². The fourth-order valence-corrected chi connectivity index (χ4v) is 2.91. The van der Waals surface area contributed by atoms with Crippen molar-refractivity contribution in [2.45, 2.75) is 26.7 Å². The number of fused-ring (bicyclic) bond motifs is 2. The molecular formula is C19H21NO5. The monoisotopic (exact) mass is 343 g/mol. The molecule has 0 aliphatic heterocycles. The van der Waals surface area contributed by atoms with Crippen LogP contribution in [-0.4, -0.2) is 26.2 Å². The molecule has 2 aromatic heterocycles. The molecule has 3 aromatic rings. The van der Waals surface area contributed by atoms with Crippen molar-refractivity contribution in [2.75, 3.05) is 20.3 Å². The van der Waals surface area contributed by atoms with Crippen LogP contribution in [0.15, 0.2) is 32.0 Å². The Labute approximate surface area is 144 Å². The maximum atomic E-state index is 12.3. The Morgan fingerprint density at radius 3 is 2.76 bits per heavy atom. The van der Waals surface area contributed by atoms with Crippen molar-refractivity contribution in [1.29, 1.82) is 0 Å². The van der Waals surface area contributed by atoms with Crippen LogP contribution in [-0.2, 0) is 16.0 Å². The second-order valence-corrected chi connectivity index (χ2v) is 6.13. The number of hydrogen-bond donors (Lipinski definition) is 1. The summed E-state index contributed by atoms with van der Waals surface area (Å²) in [7, 11) is 1.62. The predicted octanol–water partition coefficient (Wildman–Crippen LogP) is 2.85. The van der Waals surface area contributed by atoms with Crippen molar-refractivity contribution in [3.63, 3.8) is 0 Å². The van der Waals surface area contributed by atoms with Crippen LogP contribution in [0.25, 0.3) is 21.9 Å². The van der Waals surface area contributed by atoms with Crippen LogP contribution in [0.5, 0.6) is 0 Å². The third-order valence-electron chi connectivity index (χ3n) is 4.36. The molecule has 2 heterocycles. The van der Waals surface area contributed by atoms with Gasteiger partial charge in [-0.1, -0.05) is 0 Å². The maximum absolute atomic E-state index is 12.3. The highest BCUT2D eigenvalue weighted by molar-refractivity contribution is 5.96. The molecule has 0 fully saturated rings. The molecule has 1 N–H and O–H groups in total. The van der Waals surface area contributed by atoms with E-state index in [9.17, 15) is 9.59 Å². The molecule has 0 saturated heterocycles. The SMILES string of the molecule is COCCCNC(=O)Cc1c(C)c2cc3c(C)coc3cc2oc1=O. The van der Waals surface area contributed by atoms with Gasteiger partial charge in [-0.2, -0.15) is 0 Å². The lowest BCUT2D eigenvalue weighted by Crippen LogP contribution is -2.29. The quantitative estimate of drug-likeness (QED) is 0.550. The Balaban J connectivity index is 1.92. The molecule has 6 heteroatoms. The van der Waals surface area contributed by atoms with Gasteiger partial charge in [-0.15, -0.1) is 0 Å². The maximum Gasteiger partial charge on any atom is 0.340 e. The van der Waals surface area contributed by atoms with Gasteiger partial charge < -0.3 is 18.9 Å². The van der Waals surface area contributed by atoms with E-state index in [-0.39, 0.29) is 12.3 Å². The van der Waals surface area contributed by atoms with E-state index in [0.29, 0.717) is 29.9 Å². The lowest BCUT2D eigenvalue weighted by Gasteiger charge is -2.09. The molecular weight excluding hydrogens is 322 g/mol. The van der Waals surface area contributed by atoms with Crippen molar-refractivity contribution in [1.82, 2.24) is 5.32 Å². The third kappa shape index (κ3) is 3.44. The van der Waals surface area contributed by atoms with Crippen LogP contribution < -0.4 is 10.9 Å². The Morgan fingerprint density at radius 2 is 2.00 bits per heavy atom. The molecule has 1 aromatic carbocycles. The Bertz CT molecular complexity index is 983. The normalized spacial score (nSPS) is 11.3. The molecule has 0 bridgehead atoms. The number of aryl methyl sites for hydroxylation is 2. The van der Waals surface area contributed by atoms with E-state index in [0.717, 1.165) is 28.3 Å². The number of ether oxygens (including phenoxy) is 1. The first-order valence-corrected chi connectivity index (χ1v) is 8.21. The van der Waals surface area contributed by atoms with Crippen molar-refractivity contribution >= 4 is 27.8 Å². The predicted molar refractivity (Wildman–Crippen MR) is 94.9 cm³/mol. The van der Waals surface area contributed by atoms with Crippen molar-refractivity contribution in [3.05, 3.63) is 45.5 Å². The first-order valence-electron chi connectivity index (χ1n) is 8.21. The highest BCUT2D eigenvalue weighted by atomic mass is 16.5. The number of amides is 1. The summed E-state index contributed by atoms with van der Waals surface area (Å²) in [6.45, 7) is 4.89. The fourth-order valence-electron chi connectivity index (χ4n) is 2.91. The lowest BCUT2D eigenvalue weighted by atomic mass is 10.0. The number of carbonyl (C=O) groups excluding carboxylic acids is 1. The van der Waals surface area contributed by atoms with E-state index in [1.807, 2.05) is 19.9 Å². The van der Waals surface area contributed by atoms with E-state index in [1.165, 1.54) is 0 Å². The zero-order valence-electron chi connectivity index (χ0n) is 14.6. The largest absolute Gasteiger partial charge is 0.464 e. The van der Waals surface area contributed by atoms with E-state index < -0.39 is 5.63 Å². The van der Waals surface area contributed by atoms with Gasteiger partial charge in [0, 0.05) is 37.1 Å². The first-order chi connectivity index (χ1) is 12.0. The summed E-state index contributed by atoms with van der Waals surface area (Å²) in [5, 5.41) is 4.58. The molecule has 0 aliphatic carbocycles. The topological polar surface area (TPSA) is 81.7 Å². The summed E-state index contributed by atoms with van der Waals surface area (Å²) in [6.07, 6.45) is 2.40. The second kappa shape index (κ2) is 7.11. The van der Waals surface area contributed by atoms with Gasteiger partial charge >= 0.3 is 5.63 Å². The van der Waals surface area contributed by atoms with Gasteiger partial charge in [0.15, 0.2) is 0 Å². The van der Waals surface area contributed by atoms with Gasteiger partial charge in [0.1, 0.15) is 11.2 Å². The molecule has 0 atom stereocenters. The van der Waals surface area contributed by atoms with Crippen LogP contribution in [0.2, 0.25) is 0 Å². The summed E-state index contributed by atoms with van der Waals surface area (Å²) in [5.74, 6) is -0.202. The molecule has 1 amide bonds. The van der Waals surface area contributed by atoms with Gasteiger partial charge in [-0.05, 0) is 37.5 Å². The summed E-state index contributed by atoms with van der Waals surface area (Å²) in [5.41, 5.74) is 2.82. The van der Waals surface area contributed by atoms with Gasteiger partial charge in [0.2, 0.25) is 5.91 Å². The molecule has 3 rings (SSSR count). The molecule has 0 radical (unpaired) electrons. The number of carbonyl (C=O) groups is 1. The van der Waals surface area contributed by atoms with Crippen LogP contribution >= 0.6 is 0 Å².